The first kappa shape index (κ1) is 16.8. The zero-order chi connectivity index (χ0) is 12.3. The molecule has 3 nitrogen and oxygen atoms in total. The van der Waals surface area contributed by atoms with E-state index in [0.29, 0.717) is 19.6 Å². The van der Waals surface area contributed by atoms with Gasteiger partial charge in [-0.25, -0.2) is 0 Å². The summed E-state index contributed by atoms with van der Waals surface area (Å²) in [5.74, 6) is 0.231. The van der Waals surface area contributed by atoms with E-state index >= 15 is 0 Å². The molecule has 0 radical (unpaired) electrons. The molecular weight excluding hydrogens is 190 g/mol. The molecule has 15 heavy (non-hydrogen) atoms. The smallest absolute Gasteiger partial charge is 0.222 e. The van der Waals surface area contributed by atoms with Crippen molar-refractivity contribution in [2.45, 2.75) is 53.5 Å². The normalized spacial score (nSPS) is 9.53. The monoisotopic (exact) mass is 217 g/mol. The highest BCUT2D eigenvalue weighted by atomic mass is 16.5. The fraction of sp³-hybridized carbons (Fsp3) is 0.917. The van der Waals surface area contributed by atoms with Crippen LogP contribution in [-0.2, 0) is 9.53 Å². The van der Waals surface area contributed by atoms with E-state index in [1.165, 1.54) is 0 Å². The quantitative estimate of drug-likeness (QED) is 0.684. The molecule has 0 aromatic carbocycles. The first-order chi connectivity index (χ1) is 7.13. The van der Waals surface area contributed by atoms with Gasteiger partial charge in [-0.15, -0.1) is 0 Å². The van der Waals surface area contributed by atoms with Gasteiger partial charge in [-0.1, -0.05) is 20.8 Å². The number of carbonyl (C=O) groups is 1. The van der Waals surface area contributed by atoms with Crippen LogP contribution >= 0.6 is 0 Å². The van der Waals surface area contributed by atoms with Gasteiger partial charge >= 0.3 is 0 Å². The number of methoxy groups -OCH3 is 1. The molecule has 1 amide bonds. The summed E-state index contributed by atoms with van der Waals surface area (Å²) in [5, 5.41) is 0. The largest absolute Gasteiger partial charge is 0.383 e. The minimum absolute atomic E-state index is 0.231. The molecule has 0 atom stereocenters. The second-order valence-corrected chi connectivity index (χ2v) is 3.42. The van der Waals surface area contributed by atoms with Crippen LogP contribution in [0, 0.1) is 0 Å². The molecule has 3 heteroatoms. The molecule has 0 aromatic rings. The third kappa shape index (κ3) is 8.43. The van der Waals surface area contributed by atoms with Crippen LogP contribution in [0.3, 0.4) is 0 Å². The summed E-state index contributed by atoms with van der Waals surface area (Å²) >= 11 is 0. The maximum absolute atomic E-state index is 11.6. The molecule has 0 aromatic heterocycles. The van der Waals surface area contributed by atoms with Gasteiger partial charge in [0, 0.05) is 26.1 Å². The SMILES string of the molecule is CC.CCCC(=O)N(CCOC)C(C)C. The highest BCUT2D eigenvalue weighted by Crippen LogP contribution is 2.03. The lowest BCUT2D eigenvalue weighted by molar-refractivity contribution is -0.133. The fourth-order valence-corrected chi connectivity index (χ4v) is 1.22. The van der Waals surface area contributed by atoms with E-state index in [4.69, 9.17) is 4.74 Å². The van der Waals surface area contributed by atoms with Gasteiger partial charge < -0.3 is 9.64 Å². The van der Waals surface area contributed by atoms with Crippen molar-refractivity contribution in [2.75, 3.05) is 20.3 Å². The van der Waals surface area contributed by atoms with Gasteiger partial charge in [-0.2, -0.15) is 0 Å². The second-order valence-electron chi connectivity index (χ2n) is 3.42. The lowest BCUT2D eigenvalue weighted by atomic mass is 10.2. The number of rotatable bonds is 6. The molecule has 0 rings (SSSR count). The Kier molecular flexibility index (Phi) is 12.9. The van der Waals surface area contributed by atoms with Crippen molar-refractivity contribution in [1.82, 2.24) is 4.90 Å². The number of nitrogens with zero attached hydrogens (tertiary/aromatic N) is 1. The highest BCUT2D eigenvalue weighted by Gasteiger charge is 2.14. The van der Waals surface area contributed by atoms with Gasteiger partial charge in [0.05, 0.1) is 6.61 Å². The number of carbonyl (C=O) groups excluding carboxylic acids is 1. The zero-order valence-electron chi connectivity index (χ0n) is 11.2. The van der Waals surface area contributed by atoms with Crippen LogP contribution in [0.25, 0.3) is 0 Å². The van der Waals surface area contributed by atoms with Gasteiger partial charge in [0.1, 0.15) is 0 Å². The number of hydrogen-bond acceptors (Lipinski definition) is 2. The van der Waals surface area contributed by atoms with Crippen LogP contribution in [0.2, 0.25) is 0 Å². The molecule has 0 aliphatic heterocycles. The maximum Gasteiger partial charge on any atom is 0.222 e. The third-order valence-corrected chi connectivity index (χ3v) is 1.94. The predicted octanol–water partition coefficient (Wildman–Crippen LogP) is 2.70. The average molecular weight is 217 g/mol. The molecule has 0 saturated carbocycles. The van der Waals surface area contributed by atoms with Crippen LogP contribution in [0.1, 0.15) is 47.5 Å². The standard InChI is InChI=1S/C10H21NO2.C2H6/c1-5-6-10(12)11(9(2)3)7-8-13-4;1-2/h9H,5-8H2,1-4H3;1-2H3. The summed E-state index contributed by atoms with van der Waals surface area (Å²) in [6.07, 6.45) is 1.55. The summed E-state index contributed by atoms with van der Waals surface area (Å²) in [6, 6.07) is 0.272. The Bertz CT molecular complexity index is 147. The second kappa shape index (κ2) is 11.5. The van der Waals surface area contributed by atoms with Gasteiger partial charge in [0.15, 0.2) is 0 Å². The lowest BCUT2D eigenvalue weighted by Gasteiger charge is -2.26. The summed E-state index contributed by atoms with van der Waals surface area (Å²) in [6.45, 7) is 11.4. The Balaban J connectivity index is 0. The fourth-order valence-electron chi connectivity index (χ4n) is 1.22. The van der Waals surface area contributed by atoms with Crippen molar-refractivity contribution < 1.29 is 9.53 Å². The van der Waals surface area contributed by atoms with E-state index < -0.39 is 0 Å². The molecule has 0 aliphatic rings. The van der Waals surface area contributed by atoms with Crippen LogP contribution in [-0.4, -0.2) is 37.1 Å². The molecule has 0 aliphatic carbocycles. The molecular formula is C12H27NO2. The highest BCUT2D eigenvalue weighted by molar-refractivity contribution is 5.76. The van der Waals surface area contributed by atoms with E-state index in [2.05, 4.69) is 0 Å². The third-order valence-electron chi connectivity index (χ3n) is 1.94. The maximum atomic E-state index is 11.6. The summed E-state index contributed by atoms with van der Waals surface area (Å²) in [7, 11) is 1.66. The Hall–Kier alpha value is -0.570. The van der Waals surface area contributed by atoms with Crippen LogP contribution in [0.15, 0.2) is 0 Å². The number of amides is 1. The molecule has 0 N–H and O–H groups in total. The molecule has 0 heterocycles. The van der Waals surface area contributed by atoms with E-state index in [9.17, 15) is 4.79 Å². The topological polar surface area (TPSA) is 29.5 Å². The first-order valence-electron chi connectivity index (χ1n) is 5.91. The zero-order valence-corrected chi connectivity index (χ0v) is 11.2. The summed E-state index contributed by atoms with van der Waals surface area (Å²) < 4.78 is 4.96. The van der Waals surface area contributed by atoms with Gasteiger partial charge in [0.25, 0.3) is 0 Å². The van der Waals surface area contributed by atoms with E-state index in [1.54, 1.807) is 7.11 Å². The van der Waals surface area contributed by atoms with E-state index in [0.717, 1.165) is 6.42 Å². The Labute approximate surface area is 94.8 Å². The summed E-state index contributed by atoms with van der Waals surface area (Å²) in [4.78, 5) is 13.4. The van der Waals surface area contributed by atoms with Crippen molar-refractivity contribution in [3.05, 3.63) is 0 Å². The lowest BCUT2D eigenvalue weighted by Crippen LogP contribution is -2.39. The minimum Gasteiger partial charge on any atom is -0.383 e. The van der Waals surface area contributed by atoms with Crippen LogP contribution < -0.4 is 0 Å². The first-order valence-corrected chi connectivity index (χ1v) is 5.91. The summed E-state index contributed by atoms with van der Waals surface area (Å²) in [5.41, 5.74) is 0. The Morgan fingerprint density at radius 2 is 1.87 bits per heavy atom. The van der Waals surface area contributed by atoms with Crippen molar-refractivity contribution >= 4 is 5.91 Å². The Morgan fingerprint density at radius 1 is 1.33 bits per heavy atom. The molecule has 0 saturated heterocycles. The van der Waals surface area contributed by atoms with Crippen LogP contribution in [0.5, 0.6) is 0 Å². The number of ether oxygens (including phenoxy) is 1. The van der Waals surface area contributed by atoms with Crippen LogP contribution in [0.4, 0.5) is 0 Å². The van der Waals surface area contributed by atoms with Gasteiger partial charge in [-0.05, 0) is 20.3 Å². The molecule has 0 bridgehead atoms. The van der Waals surface area contributed by atoms with Gasteiger partial charge in [0.2, 0.25) is 5.91 Å². The van der Waals surface area contributed by atoms with E-state index in [-0.39, 0.29) is 11.9 Å². The average Bonchev–Trinajstić information content (AvgIpc) is 2.21. The minimum atomic E-state index is 0.231. The predicted molar refractivity (Wildman–Crippen MR) is 65.0 cm³/mol. The molecule has 0 unspecified atom stereocenters. The molecule has 92 valence electrons. The molecule has 0 fully saturated rings. The van der Waals surface area contributed by atoms with E-state index in [1.807, 2.05) is 39.5 Å². The van der Waals surface area contributed by atoms with Crippen molar-refractivity contribution in [1.29, 1.82) is 0 Å². The number of hydrogen-bond donors (Lipinski definition) is 0. The van der Waals surface area contributed by atoms with Crippen molar-refractivity contribution in [3.8, 4) is 0 Å². The molecule has 0 spiro atoms. The van der Waals surface area contributed by atoms with Gasteiger partial charge in [-0.3, -0.25) is 4.79 Å². The Morgan fingerprint density at radius 3 is 2.20 bits per heavy atom. The van der Waals surface area contributed by atoms with Crippen molar-refractivity contribution in [3.63, 3.8) is 0 Å². The van der Waals surface area contributed by atoms with Crippen molar-refractivity contribution in [2.24, 2.45) is 0 Å².